The van der Waals surface area contributed by atoms with Gasteiger partial charge in [-0.1, -0.05) is 212 Å². The summed E-state index contributed by atoms with van der Waals surface area (Å²) in [5.74, 6) is -1.03. The van der Waals surface area contributed by atoms with Crippen LogP contribution in [0, 0.1) is 0 Å². The number of hydrogen-bond donors (Lipinski definition) is 0. The molecule has 0 aliphatic rings. The summed E-state index contributed by atoms with van der Waals surface area (Å²) >= 11 is 0. The predicted molar refractivity (Wildman–Crippen MR) is 279 cm³/mol. The van der Waals surface area contributed by atoms with Crippen LogP contribution >= 0.6 is 0 Å². The molecular formula is C59H92O6. The number of carbonyl (C=O) groups excluding carboxylic acids is 3. The second kappa shape index (κ2) is 52.2. The van der Waals surface area contributed by atoms with E-state index >= 15 is 0 Å². The zero-order valence-corrected chi connectivity index (χ0v) is 41.4. The largest absolute Gasteiger partial charge is 0.462 e. The summed E-state index contributed by atoms with van der Waals surface area (Å²) in [4.78, 5) is 38.0. The monoisotopic (exact) mass is 897 g/mol. The number of allylic oxidation sites excluding steroid dienone is 22. The van der Waals surface area contributed by atoms with Crippen LogP contribution in [0.25, 0.3) is 0 Å². The molecule has 364 valence electrons. The maximum atomic E-state index is 12.8. The van der Waals surface area contributed by atoms with E-state index in [0.717, 1.165) is 122 Å². The normalized spacial score (nSPS) is 13.2. The first-order valence-corrected chi connectivity index (χ1v) is 25.8. The van der Waals surface area contributed by atoms with Gasteiger partial charge in [-0.15, -0.1) is 0 Å². The van der Waals surface area contributed by atoms with E-state index in [1.807, 2.05) is 36.5 Å². The first kappa shape index (κ1) is 60.6. The summed E-state index contributed by atoms with van der Waals surface area (Å²) in [6.07, 6.45) is 72.9. The number of esters is 3. The van der Waals surface area contributed by atoms with Gasteiger partial charge in [0.1, 0.15) is 13.2 Å². The fraction of sp³-hybridized carbons (Fsp3) is 0.576. The smallest absolute Gasteiger partial charge is 0.306 e. The Hall–Kier alpha value is -4.45. The Bertz CT molecular complexity index is 1450. The van der Waals surface area contributed by atoms with Crippen LogP contribution in [0.3, 0.4) is 0 Å². The van der Waals surface area contributed by atoms with Crippen molar-refractivity contribution in [3.05, 3.63) is 134 Å². The minimum Gasteiger partial charge on any atom is -0.462 e. The molecule has 0 fully saturated rings. The molecule has 0 aromatic carbocycles. The molecular weight excluding hydrogens is 805 g/mol. The van der Waals surface area contributed by atoms with Crippen LogP contribution in [-0.4, -0.2) is 37.2 Å². The van der Waals surface area contributed by atoms with Crippen molar-refractivity contribution >= 4 is 17.9 Å². The molecule has 1 atom stereocenters. The van der Waals surface area contributed by atoms with Crippen LogP contribution in [-0.2, 0) is 28.6 Å². The van der Waals surface area contributed by atoms with Crippen molar-refractivity contribution in [2.24, 2.45) is 0 Å². The molecule has 6 heteroatoms. The van der Waals surface area contributed by atoms with Crippen molar-refractivity contribution in [3.8, 4) is 0 Å². The Labute approximate surface area is 398 Å². The fourth-order valence-corrected chi connectivity index (χ4v) is 6.38. The molecule has 0 heterocycles. The molecule has 0 saturated heterocycles. The molecule has 0 spiro atoms. The minimum atomic E-state index is -0.828. The van der Waals surface area contributed by atoms with Gasteiger partial charge in [-0.05, 0) is 103 Å². The van der Waals surface area contributed by atoms with E-state index in [9.17, 15) is 14.4 Å². The van der Waals surface area contributed by atoms with Gasteiger partial charge in [0.2, 0.25) is 0 Å². The molecule has 65 heavy (non-hydrogen) atoms. The number of carbonyl (C=O) groups is 3. The van der Waals surface area contributed by atoms with Gasteiger partial charge in [-0.3, -0.25) is 14.4 Å². The van der Waals surface area contributed by atoms with Crippen LogP contribution in [0.5, 0.6) is 0 Å². The Kier molecular flexibility index (Phi) is 48.6. The summed E-state index contributed by atoms with van der Waals surface area (Å²) in [5.41, 5.74) is 0. The molecule has 0 N–H and O–H groups in total. The lowest BCUT2D eigenvalue weighted by Gasteiger charge is -2.18. The summed E-state index contributed by atoms with van der Waals surface area (Å²) in [6, 6.07) is 0. The van der Waals surface area contributed by atoms with E-state index in [4.69, 9.17) is 14.2 Å². The average Bonchev–Trinajstić information content (AvgIpc) is 3.30. The van der Waals surface area contributed by atoms with Crippen molar-refractivity contribution in [1.82, 2.24) is 0 Å². The zero-order valence-electron chi connectivity index (χ0n) is 41.4. The van der Waals surface area contributed by atoms with E-state index in [2.05, 4.69) is 118 Å². The number of hydrogen-bond acceptors (Lipinski definition) is 6. The van der Waals surface area contributed by atoms with Gasteiger partial charge in [0.15, 0.2) is 6.10 Å². The predicted octanol–water partition coefficient (Wildman–Crippen LogP) is 17.1. The quantitative estimate of drug-likeness (QED) is 0.0199. The Balaban J connectivity index is 4.57. The first-order chi connectivity index (χ1) is 32.0. The molecule has 0 bridgehead atoms. The maximum Gasteiger partial charge on any atom is 0.306 e. The van der Waals surface area contributed by atoms with Gasteiger partial charge in [-0.25, -0.2) is 0 Å². The van der Waals surface area contributed by atoms with Crippen LogP contribution < -0.4 is 0 Å². The highest BCUT2D eigenvalue weighted by atomic mass is 16.6. The van der Waals surface area contributed by atoms with Gasteiger partial charge in [0.05, 0.1) is 0 Å². The molecule has 0 radical (unpaired) electrons. The second-order valence-electron chi connectivity index (χ2n) is 16.5. The van der Waals surface area contributed by atoms with Crippen LogP contribution in [0.4, 0.5) is 0 Å². The third kappa shape index (κ3) is 50.4. The molecule has 0 amide bonds. The highest BCUT2D eigenvalue weighted by Gasteiger charge is 2.19. The molecule has 1 unspecified atom stereocenters. The van der Waals surface area contributed by atoms with Crippen molar-refractivity contribution in [3.63, 3.8) is 0 Å². The lowest BCUT2D eigenvalue weighted by molar-refractivity contribution is -0.167. The molecule has 0 aromatic rings. The van der Waals surface area contributed by atoms with Gasteiger partial charge >= 0.3 is 17.9 Å². The van der Waals surface area contributed by atoms with Crippen LogP contribution in [0.2, 0.25) is 0 Å². The highest BCUT2D eigenvalue weighted by Crippen LogP contribution is 2.12. The maximum absolute atomic E-state index is 12.8. The third-order valence-electron chi connectivity index (χ3n) is 10.2. The Morgan fingerprint density at radius 3 is 1.18 bits per heavy atom. The SMILES string of the molecule is CC/C=C\C/C=C\CCCCCCCC(=O)OCC(COC(=O)CCCCCCC\C=C/C=C\C=C/C=C\C=C/CCC)OC(=O)CCC/C=C\C/C=C\C/C=C\C/C=C\CCCCC. The first-order valence-electron chi connectivity index (χ1n) is 25.8. The number of unbranched alkanes of at least 4 members (excludes halogenated alkanes) is 15. The molecule has 0 aromatic heterocycles. The van der Waals surface area contributed by atoms with E-state index in [-0.39, 0.29) is 37.5 Å². The molecule has 0 aliphatic heterocycles. The van der Waals surface area contributed by atoms with Crippen LogP contribution in [0.15, 0.2) is 134 Å². The van der Waals surface area contributed by atoms with E-state index in [0.29, 0.717) is 19.3 Å². The van der Waals surface area contributed by atoms with E-state index in [1.165, 1.54) is 32.1 Å². The fourth-order valence-electron chi connectivity index (χ4n) is 6.38. The van der Waals surface area contributed by atoms with Crippen molar-refractivity contribution < 1.29 is 28.6 Å². The Morgan fingerprint density at radius 2 is 0.708 bits per heavy atom. The summed E-state index contributed by atoms with van der Waals surface area (Å²) < 4.78 is 16.7. The van der Waals surface area contributed by atoms with Crippen molar-refractivity contribution in [2.45, 2.75) is 207 Å². The third-order valence-corrected chi connectivity index (χ3v) is 10.2. The lowest BCUT2D eigenvalue weighted by Crippen LogP contribution is -2.30. The zero-order chi connectivity index (χ0) is 47.2. The lowest BCUT2D eigenvalue weighted by atomic mass is 10.1. The standard InChI is InChI=1S/C59H92O6/c1-4-7-10-13-16-19-22-25-27-29-31-32-34-37-40-43-46-49-52-58(61)64-55-56(54-63-57(60)51-48-45-42-39-36-24-21-18-15-12-9-6-3)65-59(62)53-50-47-44-41-38-35-33-30-28-26-23-20-17-14-11-8-5-2/h9-10,12-13,16-22,25-29,31-33,35,41,44,56H,4-8,11,14-15,23-24,30,34,36-40,42-43,45-55H2,1-3H3/b12-9-,13-10-,19-16-,20-17-,21-18-,25-22-,28-26-,29-27-,32-31-,35-33-,44-41-. The molecule has 0 rings (SSSR count). The van der Waals surface area contributed by atoms with Crippen molar-refractivity contribution in [2.75, 3.05) is 13.2 Å². The molecule has 6 nitrogen and oxygen atoms in total. The Morgan fingerprint density at radius 1 is 0.338 bits per heavy atom. The molecule has 0 saturated carbocycles. The summed E-state index contributed by atoms with van der Waals surface area (Å²) in [6.45, 7) is 6.31. The van der Waals surface area contributed by atoms with Gasteiger partial charge in [0, 0.05) is 19.3 Å². The topological polar surface area (TPSA) is 78.9 Å². The van der Waals surface area contributed by atoms with Crippen molar-refractivity contribution in [1.29, 1.82) is 0 Å². The van der Waals surface area contributed by atoms with E-state index < -0.39 is 6.10 Å². The second-order valence-corrected chi connectivity index (χ2v) is 16.5. The number of ether oxygens (including phenoxy) is 3. The summed E-state index contributed by atoms with van der Waals surface area (Å²) in [5, 5.41) is 0. The van der Waals surface area contributed by atoms with Gasteiger partial charge < -0.3 is 14.2 Å². The van der Waals surface area contributed by atoms with Crippen LogP contribution in [0.1, 0.15) is 201 Å². The van der Waals surface area contributed by atoms with Gasteiger partial charge in [-0.2, -0.15) is 0 Å². The number of rotatable bonds is 44. The highest BCUT2D eigenvalue weighted by molar-refractivity contribution is 5.71. The average molecular weight is 897 g/mol. The van der Waals surface area contributed by atoms with E-state index in [1.54, 1.807) is 0 Å². The minimum absolute atomic E-state index is 0.121. The summed E-state index contributed by atoms with van der Waals surface area (Å²) in [7, 11) is 0. The van der Waals surface area contributed by atoms with Gasteiger partial charge in [0.25, 0.3) is 0 Å². The molecule has 0 aliphatic carbocycles.